The van der Waals surface area contributed by atoms with Crippen LogP contribution in [0.1, 0.15) is 27.7 Å². The summed E-state index contributed by atoms with van der Waals surface area (Å²) in [6.45, 7) is 10.3. The first-order valence-electron chi connectivity index (χ1n) is 9.39. The molecule has 1 aliphatic heterocycles. The van der Waals surface area contributed by atoms with Gasteiger partial charge < -0.3 is 34.9 Å². The summed E-state index contributed by atoms with van der Waals surface area (Å²) in [5, 5.41) is 9.00. The van der Waals surface area contributed by atoms with Crippen LogP contribution in [-0.4, -0.2) is 57.2 Å². The second-order valence-corrected chi connectivity index (χ2v) is 6.98. The molecule has 0 saturated heterocycles. The Balaban J connectivity index is 1.67. The van der Waals surface area contributed by atoms with Crippen LogP contribution in [0.4, 0.5) is 4.79 Å². The fourth-order valence-corrected chi connectivity index (χ4v) is 2.29. The molecule has 0 atom stereocenters. The Hall–Kier alpha value is -2.84. The van der Waals surface area contributed by atoms with Crippen molar-refractivity contribution < 1.29 is 23.7 Å². The average molecular weight is 394 g/mol. The SMILES string of the molecule is CCNC(=NCCNC(=O)OC(C)(C)C)NCCOc1ccc2c(c1)OCO2. The van der Waals surface area contributed by atoms with Crippen molar-refractivity contribution in [3.63, 3.8) is 0 Å². The molecule has 3 N–H and O–H groups in total. The number of nitrogens with zero attached hydrogens (tertiary/aromatic N) is 1. The number of rotatable bonds is 8. The van der Waals surface area contributed by atoms with E-state index in [2.05, 4.69) is 20.9 Å². The van der Waals surface area contributed by atoms with Crippen molar-refractivity contribution in [3.8, 4) is 17.2 Å². The topological polar surface area (TPSA) is 102 Å². The molecule has 1 heterocycles. The minimum Gasteiger partial charge on any atom is -0.492 e. The molecule has 1 aromatic carbocycles. The first-order chi connectivity index (χ1) is 13.4. The number of carbonyl (C=O) groups is 1. The molecule has 1 aromatic rings. The Morgan fingerprint density at radius 2 is 1.93 bits per heavy atom. The lowest BCUT2D eigenvalue weighted by molar-refractivity contribution is 0.0529. The van der Waals surface area contributed by atoms with Crippen molar-refractivity contribution in [2.24, 2.45) is 4.99 Å². The Morgan fingerprint density at radius 1 is 1.14 bits per heavy atom. The number of alkyl carbamates (subject to hydrolysis) is 1. The summed E-state index contributed by atoms with van der Waals surface area (Å²) in [5.74, 6) is 2.79. The van der Waals surface area contributed by atoms with Crippen LogP contribution in [0.15, 0.2) is 23.2 Å². The second kappa shape index (κ2) is 10.5. The van der Waals surface area contributed by atoms with Gasteiger partial charge in [-0.1, -0.05) is 0 Å². The highest BCUT2D eigenvalue weighted by molar-refractivity contribution is 5.79. The fourth-order valence-electron chi connectivity index (χ4n) is 2.29. The lowest BCUT2D eigenvalue weighted by atomic mass is 10.2. The smallest absolute Gasteiger partial charge is 0.407 e. The van der Waals surface area contributed by atoms with Crippen molar-refractivity contribution in [2.45, 2.75) is 33.3 Å². The summed E-state index contributed by atoms with van der Waals surface area (Å²) in [7, 11) is 0. The predicted molar refractivity (Wildman–Crippen MR) is 106 cm³/mol. The zero-order valence-electron chi connectivity index (χ0n) is 17.0. The third kappa shape index (κ3) is 7.81. The van der Waals surface area contributed by atoms with Crippen LogP contribution in [0.3, 0.4) is 0 Å². The van der Waals surface area contributed by atoms with Gasteiger partial charge in [-0.3, -0.25) is 4.99 Å². The lowest BCUT2D eigenvalue weighted by Crippen LogP contribution is -2.40. The average Bonchev–Trinajstić information content (AvgIpc) is 3.08. The maximum Gasteiger partial charge on any atom is 0.407 e. The minimum atomic E-state index is -0.512. The zero-order chi connectivity index (χ0) is 20.4. The van der Waals surface area contributed by atoms with Crippen LogP contribution in [-0.2, 0) is 4.74 Å². The molecule has 1 aliphatic rings. The van der Waals surface area contributed by atoms with Crippen molar-refractivity contribution in [1.29, 1.82) is 0 Å². The van der Waals surface area contributed by atoms with E-state index in [9.17, 15) is 4.79 Å². The highest BCUT2D eigenvalue weighted by Crippen LogP contribution is 2.34. The molecule has 1 amide bonds. The molecule has 9 heteroatoms. The van der Waals surface area contributed by atoms with Crippen LogP contribution >= 0.6 is 0 Å². The molecule has 0 fully saturated rings. The molecule has 0 aromatic heterocycles. The predicted octanol–water partition coefficient (Wildman–Crippen LogP) is 1.87. The van der Waals surface area contributed by atoms with Crippen LogP contribution in [0, 0.1) is 0 Å². The van der Waals surface area contributed by atoms with E-state index in [1.807, 2.05) is 45.9 Å². The normalized spacial score (nSPS) is 13.1. The molecule has 0 radical (unpaired) electrons. The van der Waals surface area contributed by atoms with Crippen molar-refractivity contribution in [1.82, 2.24) is 16.0 Å². The molecule has 28 heavy (non-hydrogen) atoms. The van der Waals surface area contributed by atoms with Gasteiger partial charge in [-0.2, -0.15) is 0 Å². The third-order valence-electron chi connectivity index (χ3n) is 3.40. The molecule has 9 nitrogen and oxygen atoms in total. The van der Waals surface area contributed by atoms with Gasteiger partial charge in [-0.15, -0.1) is 0 Å². The van der Waals surface area contributed by atoms with E-state index in [-0.39, 0.29) is 6.79 Å². The van der Waals surface area contributed by atoms with Crippen LogP contribution in [0.5, 0.6) is 17.2 Å². The first kappa shape index (κ1) is 21.5. The quantitative estimate of drug-likeness (QED) is 0.351. The van der Waals surface area contributed by atoms with Crippen LogP contribution in [0.2, 0.25) is 0 Å². The summed E-state index contributed by atoms with van der Waals surface area (Å²) in [6, 6.07) is 5.48. The number of aliphatic imine (C=N–C) groups is 1. The number of fused-ring (bicyclic) bond motifs is 1. The third-order valence-corrected chi connectivity index (χ3v) is 3.40. The van der Waals surface area contributed by atoms with E-state index in [1.165, 1.54) is 0 Å². The van der Waals surface area contributed by atoms with E-state index < -0.39 is 11.7 Å². The number of hydrogen-bond donors (Lipinski definition) is 3. The molecule has 0 bridgehead atoms. The van der Waals surface area contributed by atoms with Crippen LogP contribution < -0.4 is 30.2 Å². The van der Waals surface area contributed by atoms with E-state index in [0.717, 1.165) is 18.0 Å². The van der Waals surface area contributed by atoms with Gasteiger partial charge >= 0.3 is 6.09 Å². The van der Waals surface area contributed by atoms with Gasteiger partial charge in [0.1, 0.15) is 18.0 Å². The molecule has 0 aliphatic carbocycles. The Kier molecular flexibility index (Phi) is 8.03. The molecule has 2 rings (SSSR count). The summed E-state index contributed by atoms with van der Waals surface area (Å²) >= 11 is 0. The Labute approximate surface area is 165 Å². The maximum absolute atomic E-state index is 11.6. The standard InChI is InChI=1S/C19H30N4O5/c1-5-20-17(21-8-9-23-18(24)28-19(2,3)4)22-10-11-25-14-6-7-15-16(12-14)27-13-26-15/h6-7,12H,5,8-11,13H2,1-4H3,(H,23,24)(H2,20,21,22). The monoisotopic (exact) mass is 394 g/mol. The number of carbonyl (C=O) groups excluding carboxylic acids is 1. The van der Waals surface area contributed by atoms with E-state index in [1.54, 1.807) is 0 Å². The molecular formula is C19H30N4O5. The van der Waals surface area contributed by atoms with Crippen molar-refractivity contribution >= 4 is 12.1 Å². The summed E-state index contributed by atoms with van der Waals surface area (Å²) in [5.41, 5.74) is -0.512. The van der Waals surface area contributed by atoms with Gasteiger partial charge in [0.2, 0.25) is 6.79 Å². The first-order valence-corrected chi connectivity index (χ1v) is 9.39. The van der Waals surface area contributed by atoms with E-state index >= 15 is 0 Å². The molecule has 156 valence electrons. The molecule has 0 spiro atoms. The summed E-state index contributed by atoms with van der Waals surface area (Å²) in [4.78, 5) is 16.0. The van der Waals surface area contributed by atoms with Gasteiger partial charge in [0.15, 0.2) is 17.5 Å². The number of benzene rings is 1. The van der Waals surface area contributed by atoms with E-state index in [4.69, 9.17) is 18.9 Å². The molecule has 0 unspecified atom stereocenters. The van der Waals surface area contributed by atoms with Gasteiger partial charge in [0.05, 0.1) is 13.1 Å². The van der Waals surface area contributed by atoms with Gasteiger partial charge in [-0.25, -0.2) is 4.79 Å². The lowest BCUT2D eigenvalue weighted by Gasteiger charge is -2.19. The van der Waals surface area contributed by atoms with Gasteiger partial charge in [0, 0.05) is 19.2 Å². The largest absolute Gasteiger partial charge is 0.492 e. The summed E-state index contributed by atoms with van der Waals surface area (Å²) < 4.78 is 21.5. The van der Waals surface area contributed by atoms with Gasteiger partial charge in [0.25, 0.3) is 0 Å². The van der Waals surface area contributed by atoms with Gasteiger partial charge in [-0.05, 0) is 39.8 Å². The second-order valence-electron chi connectivity index (χ2n) is 6.98. The number of ether oxygens (including phenoxy) is 4. The molecular weight excluding hydrogens is 364 g/mol. The van der Waals surface area contributed by atoms with Crippen molar-refractivity contribution in [2.75, 3.05) is 39.6 Å². The Bertz CT molecular complexity index is 673. The minimum absolute atomic E-state index is 0.242. The number of nitrogens with one attached hydrogen (secondary N) is 3. The summed E-state index contributed by atoms with van der Waals surface area (Å²) in [6.07, 6.45) is -0.446. The molecule has 0 saturated carbocycles. The van der Waals surface area contributed by atoms with Crippen LogP contribution in [0.25, 0.3) is 0 Å². The Morgan fingerprint density at radius 3 is 2.68 bits per heavy atom. The fraction of sp³-hybridized carbons (Fsp3) is 0.579. The van der Waals surface area contributed by atoms with E-state index in [0.29, 0.717) is 38.0 Å². The zero-order valence-corrected chi connectivity index (χ0v) is 17.0. The highest BCUT2D eigenvalue weighted by atomic mass is 16.7. The van der Waals surface area contributed by atoms with Crippen molar-refractivity contribution in [3.05, 3.63) is 18.2 Å². The highest BCUT2D eigenvalue weighted by Gasteiger charge is 2.15. The maximum atomic E-state index is 11.6. The number of hydrogen-bond acceptors (Lipinski definition) is 6. The number of guanidine groups is 1. The number of amides is 1.